The van der Waals surface area contributed by atoms with Gasteiger partial charge in [0.05, 0.1) is 12.1 Å². The van der Waals surface area contributed by atoms with Crippen LogP contribution in [0.2, 0.25) is 0 Å². The molecule has 0 saturated carbocycles. The molecule has 1 atom stereocenters. The summed E-state index contributed by atoms with van der Waals surface area (Å²) in [6, 6.07) is 13.7. The van der Waals surface area contributed by atoms with E-state index in [2.05, 4.69) is 32.4 Å². The fourth-order valence-electron chi connectivity index (χ4n) is 4.31. The first kappa shape index (κ1) is 31.1. The molecule has 1 N–H and O–H groups in total. The van der Waals surface area contributed by atoms with Crippen molar-refractivity contribution in [3.05, 3.63) is 136 Å². The number of tetrazole rings is 1. The summed E-state index contributed by atoms with van der Waals surface area (Å²) in [4.78, 5) is 3.76. The van der Waals surface area contributed by atoms with Crippen molar-refractivity contribution in [1.29, 1.82) is 0 Å². The fraction of sp³-hybridized carbons (Fsp3) is 0.161. The minimum Gasteiger partial charge on any atom is -0.489 e. The van der Waals surface area contributed by atoms with Gasteiger partial charge in [-0.15, -0.1) is 5.10 Å². The molecule has 230 valence electrons. The van der Waals surface area contributed by atoms with Crippen molar-refractivity contribution in [3.8, 4) is 17.6 Å². The topological polar surface area (TPSA) is 86.0 Å². The largest absolute Gasteiger partial charge is 0.489 e. The molecule has 7 nitrogen and oxygen atoms in total. The Morgan fingerprint density at radius 2 is 1.60 bits per heavy atom. The molecule has 0 aliphatic rings. The summed E-state index contributed by atoms with van der Waals surface area (Å²) in [5, 5.41) is 21.4. The molecule has 0 amide bonds. The van der Waals surface area contributed by atoms with Crippen molar-refractivity contribution in [2.24, 2.45) is 0 Å². The number of aromatic nitrogens is 5. The van der Waals surface area contributed by atoms with Gasteiger partial charge >= 0.3 is 5.92 Å². The monoisotopic (exact) mass is 627 g/mol. The third-order valence-corrected chi connectivity index (χ3v) is 6.67. The normalized spacial score (nSPS) is 12.8. The highest BCUT2D eigenvalue weighted by Gasteiger charge is 2.58. The van der Waals surface area contributed by atoms with E-state index in [0.29, 0.717) is 29.0 Å². The Labute approximate surface area is 250 Å². The molecule has 0 radical (unpaired) electrons. The molecule has 5 aromatic rings. The molecule has 0 aliphatic carbocycles. The third-order valence-electron chi connectivity index (χ3n) is 6.67. The lowest BCUT2D eigenvalue weighted by molar-refractivity contribution is -0.207. The second-order valence-electron chi connectivity index (χ2n) is 9.72. The number of aliphatic hydroxyl groups is 1. The highest BCUT2D eigenvalue weighted by Crippen LogP contribution is 2.46. The van der Waals surface area contributed by atoms with Gasteiger partial charge in [-0.3, -0.25) is 4.98 Å². The van der Waals surface area contributed by atoms with Gasteiger partial charge < -0.3 is 9.84 Å². The highest BCUT2D eigenvalue weighted by molar-refractivity contribution is 5.44. The van der Waals surface area contributed by atoms with Gasteiger partial charge in [-0.25, -0.2) is 26.6 Å². The lowest BCUT2D eigenvalue weighted by Crippen LogP contribution is -2.48. The molecular formula is C31H20F7N5O2. The predicted molar refractivity (Wildman–Crippen MR) is 144 cm³/mol. The van der Waals surface area contributed by atoms with E-state index in [1.165, 1.54) is 12.1 Å². The van der Waals surface area contributed by atoms with Crippen LogP contribution < -0.4 is 4.74 Å². The van der Waals surface area contributed by atoms with Crippen LogP contribution in [0.4, 0.5) is 30.7 Å². The number of alkyl halides is 4. The minimum atomic E-state index is -4.21. The van der Waals surface area contributed by atoms with Gasteiger partial charge in [0, 0.05) is 29.0 Å². The number of halogens is 7. The maximum atomic E-state index is 15.9. The molecule has 14 heteroatoms. The van der Waals surface area contributed by atoms with Gasteiger partial charge in [0.1, 0.15) is 41.8 Å². The van der Waals surface area contributed by atoms with E-state index in [4.69, 9.17) is 4.74 Å². The number of benzene rings is 3. The van der Waals surface area contributed by atoms with Gasteiger partial charge in [0.2, 0.25) is 0 Å². The smallest absolute Gasteiger partial charge is 0.323 e. The van der Waals surface area contributed by atoms with Crippen molar-refractivity contribution in [3.63, 3.8) is 0 Å². The summed E-state index contributed by atoms with van der Waals surface area (Å²) < 4.78 is 105. The second-order valence-corrected chi connectivity index (χ2v) is 9.72. The Morgan fingerprint density at radius 3 is 2.22 bits per heavy atom. The average molecular weight is 628 g/mol. The van der Waals surface area contributed by atoms with Gasteiger partial charge in [-0.2, -0.15) is 8.78 Å². The molecule has 0 saturated heterocycles. The zero-order chi connectivity index (χ0) is 32.2. The van der Waals surface area contributed by atoms with Crippen LogP contribution in [0.5, 0.6) is 5.75 Å². The van der Waals surface area contributed by atoms with E-state index in [0.717, 1.165) is 41.5 Å². The Bertz CT molecular complexity index is 1840. The summed E-state index contributed by atoms with van der Waals surface area (Å²) in [5.74, 6) is -1.67. The maximum absolute atomic E-state index is 15.9. The molecule has 0 spiro atoms. The first-order valence-electron chi connectivity index (χ1n) is 13.0. The standard InChI is InChI=1S/C31H20F7N5O2/c32-22-7-11-25(27(34)14-22)30(44,17-43-18-40-41-42-43)31(37,38)28-12-6-20(15-39-28)2-1-19-3-8-23(9-4-19)45-16-21-5-10-24(29(35)36)26(33)13-21/h3-15,18,29,44H,16-17H2. The Kier molecular flexibility index (Phi) is 8.82. The molecule has 2 heterocycles. The van der Waals surface area contributed by atoms with Crippen molar-refractivity contribution in [2.75, 3.05) is 0 Å². The third kappa shape index (κ3) is 6.78. The molecule has 0 bridgehead atoms. The van der Waals surface area contributed by atoms with Gasteiger partial charge in [0.15, 0.2) is 5.60 Å². The molecule has 5 rings (SSSR count). The van der Waals surface area contributed by atoms with Crippen LogP contribution in [0, 0.1) is 29.3 Å². The lowest BCUT2D eigenvalue weighted by Gasteiger charge is -2.35. The molecule has 0 fully saturated rings. The second kappa shape index (κ2) is 12.7. The summed E-state index contributed by atoms with van der Waals surface area (Å²) in [5.41, 5.74) is -4.65. The van der Waals surface area contributed by atoms with Crippen LogP contribution in [0.25, 0.3) is 0 Å². The first-order chi connectivity index (χ1) is 21.5. The summed E-state index contributed by atoms with van der Waals surface area (Å²) >= 11 is 0. The van der Waals surface area contributed by atoms with E-state index in [1.54, 1.807) is 24.3 Å². The summed E-state index contributed by atoms with van der Waals surface area (Å²) in [7, 11) is 0. The molecule has 3 aromatic carbocycles. The molecule has 1 unspecified atom stereocenters. The number of ether oxygens (including phenoxy) is 1. The van der Waals surface area contributed by atoms with Crippen LogP contribution >= 0.6 is 0 Å². The fourth-order valence-corrected chi connectivity index (χ4v) is 4.31. The minimum absolute atomic E-state index is 0.0627. The van der Waals surface area contributed by atoms with Gasteiger partial charge in [-0.1, -0.05) is 17.9 Å². The van der Waals surface area contributed by atoms with Gasteiger partial charge in [-0.05, 0) is 76.7 Å². The summed E-state index contributed by atoms with van der Waals surface area (Å²) in [6.07, 6.45) is -0.925. The quantitative estimate of drug-likeness (QED) is 0.158. The number of nitrogens with zero attached hydrogens (tertiary/aromatic N) is 5. The van der Waals surface area contributed by atoms with Crippen LogP contribution in [-0.2, 0) is 24.7 Å². The van der Waals surface area contributed by atoms with Crippen molar-refractivity contribution in [2.45, 2.75) is 31.1 Å². The van der Waals surface area contributed by atoms with Crippen LogP contribution in [0.15, 0.2) is 85.3 Å². The zero-order valence-electron chi connectivity index (χ0n) is 22.8. The number of rotatable bonds is 9. The Morgan fingerprint density at radius 1 is 0.867 bits per heavy atom. The van der Waals surface area contributed by atoms with Crippen molar-refractivity contribution < 1.29 is 40.6 Å². The van der Waals surface area contributed by atoms with E-state index < -0.39 is 58.8 Å². The number of hydrogen-bond donors (Lipinski definition) is 1. The number of pyridine rings is 1. The molecule has 0 aliphatic heterocycles. The van der Waals surface area contributed by atoms with E-state index in [9.17, 15) is 27.1 Å². The lowest BCUT2D eigenvalue weighted by atomic mass is 9.84. The van der Waals surface area contributed by atoms with Crippen LogP contribution in [-0.4, -0.2) is 30.3 Å². The Hall–Kier alpha value is -5.29. The van der Waals surface area contributed by atoms with Gasteiger partial charge in [0.25, 0.3) is 6.43 Å². The SMILES string of the molecule is OC(Cn1cnnn1)(c1ccc(F)cc1F)C(F)(F)c1ccc(C#Cc2ccc(OCc3ccc(C(F)F)c(F)c3)cc2)cn1. The highest BCUT2D eigenvalue weighted by atomic mass is 19.3. The van der Waals surface area contributed by atoms with Crippen LogP contribution in [0.1, 0.15) is 39.9 Å². The van der Waals surface area contributed by atoms with E-state index in [1.807, 2.05) is 0 Å². The zero-order valence-corrected chi connectivity index (χ0v) is 22.8. The maximum Gasteiger partial charge on any atom is 0.323 e. The molecule has 45 heavy (non-hydrogen) atoms. The number of hydrogen-bond acceptors (Lipinski definition) is 6. The van der Waals surface area contributed by atoms with Crippen molar-refractivity contribution in [1.82, 2.24) is 25.2 Å². The molecule has 2 aromatic heterocycles. The Balaban J connectivity index is 1.30. The first-order valence-corrected chi connectivity index (χ1v) is 13.0. The van der Waals surface area contributed by atoms with Crippen molar-refractivity contribution >= 4 is 0 Å². The predicted octanol–water partition coefficient (Wildman–Crippen LogP) is 6.08. The molecular weight excluding hydrogens is 607 g/mol. The van der Waals surface area contributed by atoms with E-state index in [-0.39, 0.29) is 12.2 Å². The average Bonchev–Trinajstić information content (AvgIpc) is 3.52. The van der Waals surface area contributed by atoms with E-state index >= 15 is 8.78 Å². The van der Waals surface area contributed by atoms with Crippen LogP contribution in [0.3, 0.4) is 0 Å². The summed E-state index contributed by atoms with van der Waals surface area (Å²) in [6.45, 7) is -1.05.